The number of aromatic nitrogens is 2. The van der Waals surface area contributed by atoms with Gasteiger partial charge in [-0.25, -0.2) is 4.98 Å². The molecule has 0 aliphatic rings. The van der Waals surface area contributed by atoms with E-state index in [-0.39, 0.29) is 24.7 Å². The van der Waals surface area contributed by atoms with E-state index in [0.29, 0.717) is 6.54 Å². The molecule has 6 nitrogen and oxygen atoms in total. The molecule has 2 N–H and O–H groups in total. The number of hydrogen-bond donors (Lipinski definition) is 2. The minimum atomic E-state index is -0.847. The summed E-state index contributed by atoms with van der Waals surface area (Å²) in [6, 6.07) is 0. The predicted molar refractivity (Wildman–Crippen MR) is 71.2 cm³/mol. The molecule has 2 aromatic heterocycles. The second-order valence-corrected chi connectivity index (χ2v) is 5.33. The molecule has 0 fully saturated rings. The van der Waals surface area contributed by atoms with E-state index < -0.39 is 5.97 Å². The average Bonchev–Trinajstić information content (AvgIpc) is 2.90. The van der Waals surface area contributed by atoms with Crippen LogP contribution in [-0.4, -0.2) is 32.9 Å². The summed E-state index contributed by atoms with van der Waals surface area (Å²) in [6.07, 6.45) is 3.85. The number of thiazole rings is 1. The van der Waals surface area contributed by atoms with E-state index in [1.54, 1.807) is 13.1 Å². The fourth-order valence-electron chi connectivity index (χ4n) is 1.79. The second kappa shape index (κ2) is 5.83. The van der Waals surface area contributed by atoms with Crippen molar-refractivity contribution in [2.24, 2.45) is 5.92 Å². The maximum Gasteiger partial charge on any atom is 0.303 e. The lowest BCUT2D eigenvalue weighted by atomic mass is 10.1. The highest BCUT2D eigenvalue weighted by Gasteiger charge is 2.12. The third kappa shape index (κ3) is 3.54. The lowest BCUT2D eigenvalue weighted by Crippen LogP contribution is -2.30. The summed E-state index contributed by atoms with van der Waals surface area (Å²) < 4.78 is 1.88. The molecule has 0 spiro atoms. The van der Waals surface area contributed by atoms with Gasteiger partial charge in [0.2, 0.25) is 5.91 Å². The number of fused-ring (bicyclic) bond motifs is 1. The molecule has 2 rings (SSSR count). The first-order valence-corrected chi connectivity index (χ1v) is 6.82. The molecule has 0 saturated carbocycles. The van der Waals surface area contributed by atoms with E-state index in [0.717, 1.165) is 10.7 Å². The maximum atomic E-state index is 11.8. The Morgan fingerprint density at radius 1 is 1.58 bits per heavy atom. The number of imidazole rings is 1. The van der Waals surface area contributed by atoms with E-state index >= 15 is 0 Å². The van der Waals surface area contributed by atoms with Crippen molar-refractivity contribution in [1.82, 2.24) is 14.7 Å². The summed E-state index contributed by atoms with van der Waals surface area (Å²) in [4.78, 5) is 27.3. The molecule has 0 aromatic carbocycles. The third-order valence-electron chi connectivity index (χ3n) is 2.73. The predicted octanol–water partition coefficient (Wildman–Crippen LogP) is 1.17. The Kier molecular flexibility index (Phi) is 4.16. The lowest BCUT2D eigenvalue weighted by Gasteiger charge is -2.10. The standard InChI is InChI=1S/C12H15N3O3S/c1-8(4-11(17)18)6-14-10(16)5-9-7-19-12-13-2-3-15(9)12/h2-3,7-8H,4-6H2,1H3,(H,14,16)(H,17,18). The lowest BCUT2D eigenvalue weighted by molar-refractivity contribution is -0.138. The van der Waals surface area contributed by atoms with Crippen molar-refractivity contribution in [2.45, 2.75) is 19.8 Å². The molecule has 0 radical (unpaired) electrons. The van der Waals surface area contributed by atoms with Gasteiger partial charge in [0.15, 0.2) is 4.96 Å². The molecule has 102 valence electrons. The molecule has 0 aliphatic carbocycles. The quantitative estimate of drug-likeness (QED) is 0.832. The summed E-state index contributed by atoms with van der Waals surface area (Å²) in [7, 11) is 0. The number of amides is 1. The molecule has 2 heterocycles. The Bertz CT molecular complexity index is 590. The molecular weight excluding hydrogens is 266 g/mol. The van der Waals surface area contributed by atoms with Crippen molar-refractivity contribution < 1.29 is 14.7 Å². The first-order chi connectivity index (χ1) is 9.06. The van der Waals surface area contributed by atoms with Gasteiger partial charge in [-0.2, -0.15) is 0 Å². The van der Waals surface area contributed by atoms with Crippen LogP contribution in [0.2, 0.25) is 0 Å². The fourth-order valence-corrected chi connectivity index (χ4v) is 2.64. The summed E-state index contributed by atoms with van der Waals surface area (Å²) in [5, 5.41) is 13.3. The first kappa shape index (κ1) is 13.5. The van der Waals surface area contributed by atoms with Crippen molar-refractivity contribution in [3.63, 3.8) is 0 Å². The van der Waals surface area contributed by atoms with Crippen LogP contribution in [0.1, 0.15) is 19.0 Å². The fraction of sp³-hybridized carbons (Fsp3) is 0.417. The van der Waals surface area contributed by atoms with Gasteiger partial charge in [0.25, 0.3) is 0 Å². The van der Waals surface area contributed by atoms with E-state index in [9.17, 15) is 9.59 Å². The van der Waals surface area contributed by atoms with Gasteiger partial charge in [-0.1, -0.05) is 6.92 Å². The summed E-state index contributed by atoms with van der Waals surface area (Å²) in [5.41, 5.74) is 0.890. The summed E-state index contributed by atoms with van der Waals surface area (Å²) in [6.45, 7) is 2.18. The smallest absolute Gasteiger partial charge is 0.303 e. The van der Waals surface area contributed by atoms with Crippen molar-refractivity contribution in [3.05, 3.63) is 23.5 Å². The Labute approximate surface area is 114 Å². The van der Waals surface area contributed by atoms with Crippen molar-refractivity contribution in [3.8, 4) is 0 Å². The van der Waals surface area contributed by atoms with Gasteiger partial charge in [-0.05, 0) is 5.92 Å². The molecule has 7 heteroatoms. The molecule has 0 bridgehead atoms. The zero-order valence-electron chi connectivity index (χ0n) is 10.5. The van der Waals surface area contributed by atoms with Crippen LogP contribution in [0.5, 0.6) is 0 Å². The van der Waals surface area contributed by atoms with Crippen LogP contribution in [0, 0.1) is 5.92 Å². The summed E-state index contributed by atoms with van der Waals surface area (Å²) in [5.74, 6) is -1.03. The number of carbonyl (C=O) groups is 2. The molecule has 19 heavy (non-hydrogen) atoms. The zero-order chi connectivity index (χ0) is 13.8. The number of rotatable bonds is 6. The highest BCUT2D eigenvalue weighted by molar-refractivity contribution is 7.15. The van der Waals surface area contributed by atoms with E-state index in [1.807, 2.05) is 16.0 Å². The van der Waals surface area contributed by atoms with Gasteiger partial charge >= 0.3 is 5.97 Å². The van der Waals surface area contributed by atoms with E-state index in [2.05, 4.69) is 10.3 Å². The largest absolute Gasteiger partial charge is 0.481 e. The van der Waals surface area contributed by atoms with Crippen LogP contribution in [0.4, 0.5) is 0 Å². The van der Waals surface area contributed by atoms with Gasteiger partial charge in [-0.15, -0.1) is 11.3 Å². The number of carbonyl (C=O) groups excluding carboxylic acids is 1. The number of nitrogens with zero attached hydrogens (tertiary/aromatic N) is 2. The monoisotopic (exact) mass is 281 g/mol. The number of hydrogen-bond acceptors (Lipinski definition) is 4. The number of aliphatic carboxylic acids is 1. The molecule has 1 unspecified atom stereocenters. The first-order valence-electron chi connectivity index (χ1n) is 5.94. The minimum absolute atomic E-state index is 0.0600. The normalized spacial score (nSPS) is 12.5. The SMILES string of the molecule is CC(CNC(=O)Cc1csc2nccn12)CC(=O)O. The van der Waals surface area contributed by atoms with Crippen LogP contribution in [0.3, 0.4) is 0 Å². The minimum Gasteiger partial charge on any atom is -0.481 e. The molecule has 1 amide bonds. The van der Waals surface area contributed by atoms with Crippen molar-refractivity contribution in [1.29, 1.82) is 0 Å². The topological polar surface area (TPSA) is 83.7 Å². The van der Waals surface area contributed by atoms with Gasteiger partial charge in [-0.3, -0.25) is 14.0 Å². The number of carboxylic acid groups (broad SMARTS) is 1. The van der Waals surface area contributed by atoms with Crippen LogP contribution in [0.25, 0.3) is 4.96 Å². The number of carboxylic acids is 1. The molecule has 0 saturated heterocycles. The Hall–Kier alpha value is -1.89. The van der Waals surface area contributed by atoms with Crippen LogP contribution in [-0.2, 0) is 16.0 Å². The van der Waals surface area contributed by atoms with Gasteiger partial charge in [0, 0.05) is 36.4 Å². The second-order valence-electron chi connectivity index (χ2n) is 4.49. The van der Waals surface area contributed by atoms with Gasteiger partial charge < -0.3 is 10.4 Å². The van der Waals surface area contributed by atoms with Crippen LogP contribution < -0.4 is 5.32 Å². The average molecular weight is 281 g/mol. The van der Waals surface area contributed by atoms with E-state index in [1.165, 1.54) is 11.3 Å². The zero-order valence-corrected chi connectivity index (χ0v) is 11.3. The Morgan fingerprint density at radius 2 is 2.37 bits per heavy atom. The Morgan fingerprint density at radius 3 is 3.11 bits per heavy atom. The highest BCUT2D eigenvalue weighted by Crippen LogP contribution is 2.14. The molecule has 2 aromatic rings. The third-order valence-corrected chi connectivity index (χ3v) is 3.63. The molecule has 1 atom stereocenters. The molecule has 0 aliphatic heterocycles. The van der Waals surface area contributed by atoms with Gasteiger partial charge in [0.05, 0.1) is 6.42 Å². The maximum absolute atomic E-state index is 11.8. The van der Waals surface area contributed by atoms with Crippen molar-refractivity contribution in [2.75, 3.05) is 6.54 Å². The summed E-state index contributed by atoms with van der Waals surface area (Å²) >= 11 is 1.49. The van der Waals surface area contributed by atoms with Gasteiger partial charge in [0.1, 0.15) is 0 Å². The number of nitrogens with one attached hydrogen (secondary N) is 1. The highest BCUT2D eigenvalue weighted by atomic mass is 32.1. The van der Waals surface area contributed by atoms with Crippen LogP contribution in [0.15, 0.2) is 17.8 Å². The molecular formula is C12H15N3O3S. The Balaban J connectivity index is 1.85. The van der Waals surface area contributed by atoms with Crippen molar-refractivity contribution >= 4 is 28.2 Å². The van der Waals surface area contributed by atoms with Crippen LogP contribution >= 0.6 is 11.3 Å². The van der Waals surface area contributed by atoms with E-state index in [4.69, 9.17) is 5.11 Å².